The fraction of sp³-hybridized carbons (Fsp3) is 0.333. The van der Waals surface area contributed by atoms with Crippen molar-refractivity contribution in [1.29, 1.82) is 0 Å². The van der Waals surface area contributed by atoms with E-state index < -0.39 is 0 Å². The fourth-order valence-corrected chi connectivity index (χ4v) is 2.31. The van der Waals surface area contributed by atoms with Crippen LogP contribution in [0.25, 0.3) is 0 Å². The number of aromatic nitrogens is 2. The highest BCUT2D eigenvalue weighted by Crippen LogP contribution is 2.27. The summed E-state index contributed by atoms with van der Waals surface area (Å²) in [5, 5.41) is 7.46. The number of methoxy groups -OCH3 is 1. The summed E-state index contributed by atoms with van der Waals surface area (Å²) in [7, 11) is 5.29. The van der Waals surface area contributed by atoms with Crippen LogP contribution in [-0.4, -0.2) is 41.3 Å². The van der Waals surface area contributed by atoms with Gasteiger partial charge in [0, 0.05) is 30.4 Å². The number of benzene rings is 1. The first-order valence-corrected chi connectivity index (χ1v) is 7.15. The Labute approximate surface area is 134 Å². The standard InChI is InChI=1S/C15H19ClN4O2/c1-19(8-11-7-17-20(2)9-11)10-15(21)18-13-6-12(16)4-5-14(13)22-3/h4-7,9H,8,10H2,1-3H3,(H,18,21). The number of hydrogen-bond donors (Lipinski definition) is 1. The Bertz CT molecular complexity index is 657. The number of likely N-dealkylation sites (N-methyl/N-ethyl adjacent to an activating group) is 1. The Morgan fingerprint density at radius 1 is 1.50 bits per heavy atom. The van der Waals surface area contributed by atoms with Crippen molar-refractivity contribution in [2.45, 2.75) is 6.54 Å². The van der Waals surface area contributed by atoms with E-state index in [-0.39, 0.29) is 12.5 Å². The van der Waals surface area contributed by atoms with Crippen LogP contribution in [0.1, 0.15) is 5.56 Å². The van der Waals surface area contributed by atoms with Crippen molar-refractivity contribution in [3.8, 4) is 5.75 Å². The highest BCUT2D eigenvalue weighted by molar-refractivity contribution is 6.31. The molecule has 7 heteroatoms. The van der Waals surface area contributed by atoms with Crippen molar-refractivity contribution in [2.24, 2.45) is 7.05 Å². The molecule has 0 saturated heterocycles. The number of rotatable bonds is 6. The first-order chi connectivity index (χ1) is 10.5. The van der Waals surface area contributed by atoms with Crippen molar-refractivity contribution in [2.75, 3.05) is 26.0 Å². The molecule has 2 aromatic rings. The second kappa shape index (κ2) is 7.29. The molecule has 0 spiro atoms. The molecule has 0 bridgehead atoms. The zero-order valence-electron chi connectivity index (χ0n) is 12.8. The molecule has 0 atom stereocenters. The largest absolute Gasteiger partial charge is 0.495 e. The lowest BCUT2D eigenvalue weighted by Gasteiger charge is -2.16. The molecule has 6 nitrogen and oxygen atoms in total. The molecule has 0 unspecified atom stereocenters. The molecule has 0 aliphatic heterocycles. The van der Waals surface area contributed by atoms with Gasteiger partial charge in [-0.25, -0.2) is 0 Å². The van der Waals surface area contributed by atoms with Crippen LogP contribution in [-0.2, 0) is 18.4 Å². The molecule has 1 N–H and O–H groups in total. The van der Waals surface area contributed by atoms with Gasteiger partial charge in [0.25, 0.3) is 0 Å². The van der Waals surface area contributed by atoms with Crippen LogP contribution in [0.4, 0.5) is 5.69 Å². The molecule has 22 heavy (non-hydrogen) atoms. The van der Waals surface area contributed by atoms with Crippen molar-refractivity contribution in [3.05, 3.63) is 41.2 Å². The summed E-state index contributed by atoms with van der Waals surface area (Å²) in [6.45, 7) is 0.901. The normalized spacial score (nSPS) is 10.8. The van der Waals surface area contributed by atoms with E-state index in [9.17, 15) is 4.79 Å². The number of anilines is 1. The van der Waals surface area contributed by atoms with E-state index in [1.54, 1.807) is 36.2 Å². The van der Waals surface area contributed by atoms with Crippen molar-refractivity contribution in [3.63, 3.8) is 0 Å². The SMILES string of the molecule is COc1ccc(Cl)cc1NC(=O)CN(C)Cc1cnn(C)c1. The Morgan fingerprint density at radius 3 is 2.91 bits per heavy atom. The number of nitrogens with zero attached hydrogens (tertiary/aromatic N) is 3. The predicted molar refractivity (Wildman–Crippen MR) is 86.2 cm³/mol. The zero-order chi connectivity index (χ0) is 16.1. The molecule has 1 amide bonds. The topological polar surface area (TPSA) is 59.4 Å². The van der Waals surface area contributed by atoms with E-state index in [1.165, 1.54) is 0 Å². The van der Waals surface area contributed by atoms with Gasteiger partial charge in [-0.1, -0.05) is 11.6 Å². The Hall–Kier alpha value is -2.05. The Kier molecular flexibility index (Phi) is 5.41. The highest BCUT2D eigenvalue weighted by atomic mass is 35.5. The van der Waals surface area contributed by atoms with Gasteiger partial charge in [0.15, 0.2) is 0 Å². The number of nitrogens with one attached hydrogen (secondary N) is 1. The van der Waals surface area contributed by atoms with Gasteiger partial charge in [-0.05, 0) is 25.2 Å². The summed E-state index contributed by atoms with van der Waals surface area (Å²) < 4.78 is 6.94. The number of carbonyl (C=O) groups is 1. The van der Waals surface area contributed by atoms with Crippen LogP contribution >= 0.6 is 11.6 Å². The van der Waals surface area contributed by atoms with Gasteiger partial charge in [-0.2, -0.15) is 5.10 Å². The molecular weight excluding hydrogens is 304 g/mol. The van der Waals surface area contributed by atoms with Gasteiger partial charge in [0.05, 0.1) is 25.5 Å². The first kappa shape index (κ1) is 16.3. The fourth-order valence-electron chi connectivity index (χ4n) is 2.13. The van der Waals surface area contributed by atoms with E-state index in [2.05, 4.69) is 10.4 Å². The number of hydrogen-bond acceptors (Lipinski definition) is 4. The van der Waals surface area contributed by atoms with Gasteiger partial charge in [-0.3, -0.25) is 14.4 Å². The van der Waals surface area contributed by atoms with E-state index in [1.807, 2.05) is 25.2 Å². The number of amides is 1. The second-order valence-electron chi connectivity index (χ2n) is 5.09. The minimum atomic E-state index is -0.132. The predicted octanol–water partition coefficient (Wildman–Crippen LogP) is 2.15. The van der Waals surface area contributed by atoms with Crippen LogP contribution in [0, 0.1) is 0 Å². The lowest BCUT2D eigenvalue weighted by Crippen LogP contribution is -2.29. The molecule has 1 heterocycles. The molecule has 0 aliphatic rings. The molecule has 1 aromatic carbocycles. The average molecular weight is 323 g/mol. The summed E-state index contributed by atoms with van der Waals surface area (Å²) in [5.74, 6) is 0.444. The lowest BCUT2D eigenvalue weighted by molar-refractivity contribution is -0.117. The highest BCUT2D eigenvalue weighted by Gasteiger charge is 2.11. The third kappa shape index (κ3) is 4.47. The maximum absolute atomic E-state index is 12.1. The maximum Gasteiger partial charge on any atom is 0.238 e. The lowest BCUT2D eigenvalue weighted by atomic mass is 10.3. The summed E-state index contributed by atoms with van der Waals surface area (Å²) in [4.78, 5) is 14.0. The van der Waals surface area contributed by atoms with E-state index >= 15 is 0 Å². The maximum atomic E-state index is 12.1. The quantitative estimate of drug-likeness (QED) is 0.885. The van der Waals surface area contributed by atoms with Crippen molar-refractivity contribution < 1.29 is 9.53 Å². The molecule has 0 saturated carbocycles. The molecule has 0 radical (unpaired) electrons. The molecule has 1 aromatic heterocycles. The van der Waals surface area contributed by atoms with E-state index in [4.69, 9.17) is 16.3 Å². The van der Waals surface area contributed by atoms with Gasteiger partial charge in [-0.15, -0.1) is 0 Å². The van der Waals surface area contributed by atoms with Crippen LogP contribution in [0.15, 0.2) is 30.6 Å². The third-order valence-corrected chi connectivity index (χ3v) is 3.30. The molecule has 0 fully saturated rings. The molecule has 2 rings (SSSR count). The molecule has 118 valence electrons. The molecule has 0 aliphatic carbocycles. The first-order valence-electron chi connectivity index (χ1n) is 6.77. The zero-order valence-corrected chi connectivity index (χ0v) is 13.6. The minimum Gasteiger partial charge on any atom is -0.495 e. The van der Waals surface area contributed by atoms with Crippen LogP contribution in [0.2, 0.25) is 5.02 Å². The second-order valence-corrected chi connectivity index (χ2v) is 5.52. The van der Waals surface area contributed by atoms with Crippen LogP contribution in [0.5, 0.6) is 5.75 Å². The number of carbonyl (C=O) groups excluding carboxylic acids is 1. The smallest absolute Gasteiger partial charge is 0.238 e. The van der Waals surface area contributed by atoms with Gasteiger partial charge in [0.2, 0.25) is 5.91 Å². The van der Waals surface area contributed by atoms with Crippen LogP contribution in [0.3, 0.4) is 0 Å². The van der Waals surface area contributed by atoms with E-state index in [0.717, 1.165) is 5.56 Å². The van der Waals surface area contributed by atoms with Crippen molar-refractivity contribution in [1.82, 2.24) is 14.7 Å². The monoisotopic (exact) mass is 322 g/mol. The summed E-state index contributed by atoms with van der Waals surface area (Å²) in [6, 6.07) is 5.10. The van der Waals surface area contributed by atoms with Crippen molar-refractivity contribution >= 4 is 23.2 Å². The summed E-state index contributed by atoms with van der Waals surface area (Å²) >= 11 is 5.95. The number of ether oxygens (including phenoxy) is 1. The summed E-state index contributed by atoms with van der Waals surface area (Å²) in [6.07, 6.45) is 3.71. The van der Waals surface area contributed by atoms with Gasteiger partial charge < -0.3 is 10.1 Å². The Balaban J connectivity index is 1.93. The third-order valence-electron chi connectivity index (χ3n) is 3.06. The van der Waals surface area contributed by atoms with Crippen LogP contribution < -0.4 is 10.1 Å². The number of halogens is 1. The van der Waals surface area contributed by atoms with Gasteiger partial charge in [0.1, 0.15) is 5.75 Å². The Morgan fingerprint density at radius 2 is 2.27 bits per heavy atom. The number of aryl methyl sites for hydroxylation is 1. The molecular formula is C15H19ClN4O2. The van der Waals surface area contributed by atoms with E-state index in [0.29, 0.717) is 23.0 Å². The van der Waals surface area contributed by atoms with Gasteiger partial charge >= 0.3 is 0 Å². The summed E-state index contributed by atoms with van der Waals surface area (Å²) in [5.41, 5.74) is 1.62. The average Bonchev–Trinajstić information content (AvgIpc) is 2.83. The minimum absolute atomic E-state index is 0.132.